The van der Waals surface area contributed by atoms with Crippen molar-refractivity contribution >= 4 is 11.7 Å². The maximum Gasteiger partial charge on any atom is 0.342 e. The number of ether oxygens (including phenoxy) is 1. The largest absolute Gasteiger partial charge is 0.462 e. The van der Waals surface area contributed by atoms with E-state index in [0.29, 0.717) is 5.69 Å². The molecule has 0 unspecified atom stereocenters. The summed E-state index contributed by atoms with van der Waals surface area (Å²) in [4.78, 5) is 23.2. The topological polar surface area (TPSA) is 98.1 Å². The molecular weight excluding hydrogens is 298 g/mol. The molecule has 0 radical (unpaired) electrons. The minimum Gasteiger partial charge on any atom is -0.462 e. The van der Waals surface area contributed by atoms with Gasteiger partial charge in [-0.15, -0.1) is 0 Å². The van der Waals surface area contributed by atoms with Crippen LogP contribution in [0.3, 0.4) is 0 Å². The molecule has 2 rings (SSSR count). The molecule has 0 spiro atoms. The van der Waals surface area contributed by atoms with Gasteiger partial charge in [-0.1, -0.05) is 32.9 Å². The highest BCUT2D eigenvalue weighted by atomic mass is 16.6. The van der Waals surface area contributed by atoms with Crippen LogP contribution in [-0.2, 0) is 10.2 Å². The van der Waals surface area contributed by atoms with Gasteiger partial charge in [0.15, 0.2) is 0 Å². The highest BCUT2D eigenvalue weighted by Gasteiger charge is 2.31. The minimum atomic E-state index is -0.542. The molecule has 23 heavy (non-hydrogen) atoms. The second-order valence-electron chi connectivity index (χ2n) is 6.07. The standard InChI is InChI=1S/C16H19N3O4/c1-5-23-15(20)12-13(17-18-14(12)16(2,3)4)10-8-6-7-9-11(10)19(21)22/h6-9H,5H2,1-4H3,(H,17,18). The highest BCUT2D eigenvalue weighted by Crippen LogP contribution is 2.35. The second-order valence-corrected chi connectivity index (χ2v) is 6.07. The summed E-state index contributed by atoms with van der Waals surface area (Å²) in [6.45, 7) is 7.69. The van der Waals surface area contributed by atoms with Crippen LogP contribution in [0, 0.1) is 10.1 Å². The molecule has 0 atom stereocenters. The van der Waals surface area contributed by atoms with Gasteiger partial charge in [-0.3, -0.25) is 15.2 Å². The summed E-state index contributed by atoms with van der Waals surface area (Å²) in [7, 11) is 0. The lowest BCUT2D eigenvalue weighted by Gasteiger charge is -2.18. The summed E-state index contributed by atoms with van der Waals surface area (Å²) in [5.74, 6) is -0.542. The summed E-state index contributed by atoms with van der Waals surface area (Å²) >= 11 is 0. The number of nitrogens with zero attached hydrogens (tertiary/aromatic N) is 2. The van der Waals surface area contributed by atoms with Gasteiger partial charge in [-0.05, 0) is 13.0 Å². The highest BCUT2D eigenvalue weighted by molar-refractivity contribution is 5.99. The quantitative estimate of drug-likeness (QED) is 0.529. The molecule has 0 aliphatic rings. The number of nitrogens with one attached hydrogen (secondary N) is 1. The van der Waals surface area contributed by atoms with Gasteiger partial charge in [-0.2, -0.15) is 5.10 Å². The van der Waals surface area contributed by atoms with Crippen LogP contribution in [0.2, 0.25) is 0 Å². The third kappa shape index (κ3) is 3.23. The normalized spacial score (nSPS) is 11.3. The van der Waals surface area contributed by atoms with Crippen LogP contribution >= 0.6 is 0 Å². The number of esters is 1. The van der Waals surface area contributed by atoms with Gasteiger partial charge in [0.2, 0.25) is 0 Å². The SMILES string of the molecule is CCOC(=O)c1c(-c2ccccc2[N+](=O)[O-])n[nH]c1C(C)(C)C. The first-order valence-corrected chi connectivity index (χ1v) is 7.27. The number of carbonyl (C=O) groups is 1. The first kappa shape index (κ1) is 16.7. The number of hydrogen-bond donors (Lipinski definition) is 1. The Bertz CT molecular complexity index is 744. The van der Waals surface area contributed by atoms with Crippen molar-refractivity contribution in [2.75, 3.05) is 6.61 Å². The van der Waals surface area contributed by atoms with E-state index < -0.39 is 16.3 Å². The molecule has 0 saturated heterocycles. The van der Waals surface area contributed by atoms with E-state index in [1.807, 2.05) is 20.8 Å². The van der Waals surface area contributed by atoms with Crippen LogP contribution in [0.1, 0.15) is 43.7 Å². The number of nitro groups is 1. The number of para-hydroxylation sites is 1. The number of hydrogen-bond acceptors (Lipinski definition) is 5. The predicted octanol–water partition coefficient (Wildman–Crippen LogP) is 3.46. The number of aromatic amines is 1. The second kappa shape index (κ2) is 6.20. The molecule has 0 aliphatic heterocycles. The number of aromatic nitrogens is 2. The summed E-state index contributed by atoms with van der Waals surface area (Å²) < 4.78 is 5.12. The van der Waals surface area contributed by atoms with Crippen LogP contribution < -0.4 is 0 Å². The Balaban J connectivity index is 2.72. The fourth-order valence-electron chi connectivity index (χ4n) is 2.31. The molecule has 7 nitrogen and oxygen atoms in total. The van der Waals surface area contributed by atoms with Crippen LogP contribution in [0.4, 0.5) is 5.69 Å². The molecule has 2 aromatic rings. The van der Waals surface area contributed by atoms with Crippen molar-refractivity contribution in [2.24, 2.45) is 0 Å². The number of H-pyrrole nitrogens is 1. The average Bonchev–Trinajstić information content (AvgIpc) is 2.92. The summed E-state index contributed by atoms with van der Waals surface area (Å²) in [5, 5.41) is 18.3. The maximum atomic E-state index is 12.4. The third-order valence-electron chi connectivity index (χ3n) is 3.35. The van der Waals surface area contributed by atoms with Gasteiger partial charge in [0.1, 0.15) is 11.3 Å². The zero-order chi connectivity index (χ0) is 17.2. The Morgan fingerprint density at radius 2 is 2.00 bits per heavy atom. The van der Waals surface area contributed by atoms with Gasteiger partial charge in [-0.25, -0.2) is 4.79 Å². The molecule has 7 heteroatoms. The first-order chi connectivity index (χ1) is 10.8. The third-order valence-corrected chi connectivity index (χ3v) is 3.35. The van der Waals surface area contributed by atoms with Crippen LogP contribution in [-0.4, -0.2) is 27.7 Å². The van der Waals surface area contributed by atoms with Crippen molar-refractivity contribution in [3.8, 4) is 11.3 Å². The van der Waals surface area contributed by atoms with E-state index in [1.165, 1.54) is 6.07 Å². The molecule has 122 valence electrons. The molecular formula is C16H19N3O4. The zero-order valence-corrected chi connectivity index (χ0v) is 13.5. The van der Waals surface area contributed by atoms with Crippen molar-refractivity contribution in [3.05, 3.63) is 45.6 Å². The summed E-state index contributed by atoms with van der Waals surface area (Å²) in [6.07, 6.45) is 0. The van der Waals surface area contributed by atoms with Crippen molar-refractivity contribution in [1.29, 1.82) is 0 Å². The zero-order valence-electron chi connectivity index (χ0n) is 13.5. The fraction of sp³-hybridized carbons (Fsp3) is 0.375. The fourth-order valence-corrected chi connectivity index (χ4v) is 2.31. The lowest BCUT2D eigenvalue weighted by atomic mass is 9.88. The molecule has 0 amide bonds. The molecule has 0 bridgehead atoms. The van der Waals surface area contributed by atoms with E-state index in [9.17, 15) is 14.9 Å². The Hall–Kier alpha value is -2.70. The number of nitro benzene ring substituents is 1. The minimum absolute atomic E-state index is 0.106. The van der Waals surface area contributed by atoms with E-state index in [-0.39, 0.29) is 29.1 Å². The smallest absolute Gasteiger partial charge is 0.342 e. The number of carbonyl (C=O) groups excluding carboxylic acids is 1. The monoisotopic (exact) mass is 317 g/mol. The van der Waals surface area contributed by atoms with E-state index in [0.717, 1.165) is 0 Å². The van der Waals surface area contributed by atoms with Gasteiger partial charge >= 0.3 is 5.97 Å². The molecule has 0 fully saturated rings. The van der Waals surface area contributed by atoms with Crippen molar-refractivity contribution < 1.29 is 14.5 Å². The van der Waals surface area contributed by atoms with Crippen LogP contribution in [0.25, 0.3) is 11.3 Å². The lowest BCUT2D eigenvalue weighted by Crippen LogP contribution is -2.18. The van der Waals surface area contributed by atoms with Gasteiger partial charge in [0.25, 0.3) is 5.69 Å². The van der Waals surface area contributed by atoms with Crippen molar-refractivity contribution in [3.63, 3.8) is 0 Å². The molecule has 0 saturated carbocycles. The Morgan fingerprint density at radius 3 is 2.57 bits per heavy atom. The van der Waals surface area contributed by atoms with Crippen LogP contribution in [0.15, 0.2) is 24.3 Å². The van der Waals surface area contributed by atoms with Crippen molar-refractivity contribution in [2.45, 2.75) is 33.1 Å². The van der Waals surface area contributed by atoms with E-state index in [2.05, 4.69) is 10.2 Å². The first-order valence-electron chi connectivity index (χ1n) is 7.27. The predicted molar refractivity (Wildman–Crippen MR) is 85.3 cm³/mol. The maximum absolute atomic E-state index is 12.4. The Morgan fingerprint density at radius 1 is 1.35 bits per heavy atom. The summed E-state index contributed by atoms with van der Waals surface area (Å²) in [6, 6.07) is 6.20. The average molecular weight is 317 g/mol. The van der Waals surface area contributed by atoms with Gasteiger partial charge in [0.05, 0.1) is 22.8 Å². The molecule has 1 aromatic heterocycles. The van der Waals surface area contributed by atoms with Crippen LogP contribution in [0.5, 0.6) is 0 Å². The molecule has 0 aliphatic carbocycles. The van der Waals surface area contributed by atoms with Gasteiger partial charge < -0.3 is 4.74 Å². The van der Waals surface area contributed by atoms with Crippen molar-refractivity contribution in [1.82, 2.24) is 10.2 Å². The number of benzene rings is 1. The number of rotatable bonds is 4. The molecule has 1 aromatic carbocycles. The summed E-state index contributed by atoms with van der Waals surface area (Å²) in [5.41, 5.74) is 0.854. The van der Waals surface area contributed by atoms with E-state index in [1.54, 1.807) is 25.1 Å². The molecule has 1 heterocycles. The van der Waals surface area contributed by atoms with Gasteiger partial charge in [0, 0.05) is 11.5 Å². The van der Waals surface area contributed by atoms with E-state index >= 15 is 0 Å². The Labute approximate surface area is 133 Å². The molecule has 1 N–H and O–H groups in total. The Kier molecular flexibility index (Phi) is 4.49. The lowest BCUT2D eigenvalue weighted by molar-refractivity contribution is -0.384. The van der Waals surface area contributed by atoms with E-state index in [4.69, 9.17) is 4.74 Å².